The molecule has 4 rings (SSSR count). The number of carbonyl (C=O) groups is 2. The number of anilines is 1. The van der Waals surface area contributed by atoms with E-state index in [2.05, 4.69) is 4.98 Å². The summed E-state index contributed by atoms with van der Waals surface area (Å²) in [6, 6.07) is 15.3. The van der Waals surface area contributed by atoms with Gasteiger partial charge in [-0.05, 0) is 30.2 Å². The van der Waals surface area contributed by atoms with E-state index >= 15 is 0 Å². The summed E-state index contributed by atoms with van der Waals surface area (Å²) >= 11 is 0. The zero-order valence-corrected chi connectivity index (χ0v) is 16.5. The van der Waals surface area contributed by atoms with E-state index in [1.165, 1.54) is 0 Å². The first-order valence-corrected chi connectivity index (χ1v) is 9.83. The zero-order valence-electron chi connectivity index (χ0n) is 16.5. The Kier molecular flexibility index (Phi) is 5.16. The van der Waals surface area contributed by atoms with E-state index in [1.54, 1.807) is 24.1 Å². The molecule has 1 aliphatic heterocycles. The van der Waals surface area contributed by atoms with Crippen LogP contribution in [0.4, 0.5) is 5.69 Å². The molecule has 0 radical (unpaired) electrons. The Bertz CT molecular complexity index is 1080. The van der Waals surface area contributed by atoms with Crippen LogP contribution >= 0.6 is 0 Å². The van der Waals surface area contributed by atoms with Gasteiger partial charge in [-0.3, -0.25) is 14.6 Å². The monoisotopic (exact) mass is 388 g/mol. The third-order valence-electron chi connectivity index (χ3n) is 5.45. The first-order chi connectivity index (χ1) is 14.0. The molecule has 3 aromatic rings. The Labute approximate surface area is 169 Å². The molecule has 6 heteroatoms. The summed E-state index contributed by atoms with van der Waals surface area (Å²) in [6.45, 7) is 4.05. The van der Waals surface area contributed by atoms with Gasteiger partial charge in [0.15, 0.2) is 0 Å². The number of pyridine rings is 1. The van der Waals surface area contributed by atoms with Crippen molar-refractivity contribution in [2.75, 3.05) is 31.9 Å². The molecule has 1 aromatic heterocycles. The Morgan fingerprint density at radius 1 is 0.966 bits per heavy atom. The molecular weight excluding hydrogens is 364 g/mol. The van der Waals surface area contributed by atoms with Crippen molar-refractivity contribution in [2.24, 2.45) is 0 Å². The minimum atomic E-state index is -0.00929. The smallest absolute Gasteiger partial charge is 0.253 e. The number of rotatable bonds is 2. The van der Waals surface area contributed by atoms with Gasteiger partial charge in [0.2, 0.25) is 5.91 Å². The van der Waals surface area contributed by atoms with Crippen LogP contribution in [-0.2, 0) is 4.79 Å². The van der Waals surface area contributed by atoms with Crippen LogP contribution in [0.2, 0.25) is 0 Å². The van der Waals surface area contributed by atoms with Crippen LogP contribution in [0, 0.1) is 0 Å². The van der Waals surface area contributed by atoms with Crippen molar-refractivity contribution in [3.05, 3.63) is 60.3 Å². The molecule has 0 unspecified atom stereocenters. The molecule has 1 fully saturated rings. The van der Waals surface area contributed by atoms with E-state index < -0.39 is 0 Å². The number of para-hydroxylation sites is 1. The van der Waals surface area contributed by atoms with Gasteiger partial charge in [0.05, 0.1) is 5.52 Å². The molecule has 2 aromatic carbocycles. The summed E-state index contributed by atoms with van der Waals surface area (Å²) < 4.78 is 0. The first-order valence-electron chi connectivity index (χ1n) is 9.83. The predicted octanol–water partition coefficient (Wildman–Crippen LogP) is 3.18. The van der Waals surface area contributed by atoms with Crippen molar-refractivity contribution in [1.82, 2.24) is 14.8 Å². The molecule has 2 heterocycles. The van der Waals surface area contributed by atoms with Gasteiger partial charge < -0.3 is 15.5 Å². The number of hydrogen-bond donors (Lipinski definition) is 1. The van der Waals surface area contributed by atoms with E-state index in [0.717, 1.165) is 28.5 Å². The number of aromatic nitrogens is 1. The normalized spacial score (nSPS) is 14.7. The first kappa shape index (κ1) is 18.9. The molecule has 0 spiro atoms. The highest BCUT2D eigenvalue weighted by Gasteiger charge is 2.21. The minimum Gasteiger partial charge on any atom is -0.398 e. The predicted molar refractivity (Wildman–Crippen MR) is 114 cm³/mol. The molecule has 6 nitrogen and oxygen atoms in total. The van der Waals surface area contributed by atoms with Gasteiger partial charge in [0.25, 0.3) is 5.91 Å². The Morgan fingerprint density at radius 2 is 1.72 bits per heavy atom. The standard InChI is InChI=1S/C23H24N4O2/c1-16(28)26-11-4-12-27(14-13-26)23(29)18-6-2-5-17(15-18)19-7-3-8-20-21(24)9-10-25-22(19)20/h2-3,5-10,15H,4,11-14H2,1H3,(H2,24,25). The third kappa shape index (κ3) is 3.78. The molecule has 2 amide bonds. The van der Waals surface area contributed by atoms with E-state index in [9.17, 15) is 9.59 Å². The zero-order chi connectivity index (χ0) is 20.4. The molecule has 29 heavy (non-hydrogen) atoms. The van der Waals surface area contributed by atoms with Crippen molar-refractivity contribution < 1.29 is 9.59 Å². The lowest BCUT2D eigenvalue weighted by Crippen LogP contribution is -2.36. The van der Waals surface area contributed by atoms with Gasteiger partial charge in [0.1, 0.15) is 0 Å². The van der Waals surface area contributed by atoms with E-state index in [0.29, 0.717) is 37.4 Å². The van der Waals surface area contributed by atoms with E-state index in [-0.39, 0.29) is 11.8 Å². The van der Waals surface area contributed by atoms with Gasteiger partial charge in [-0.1, -0.05) is 30.3 Å². The summed E-state index contributed by atoms with van der Waals surface area (Å²) in [5.41, 5.74) is 10.1. The number of fused-ring (bicyclic) bond motifs is 1. The summed E-state index contributed by atoms with van der Waals surface area (Å²) in [7, 11) is 0. The number of carbonyl (C=O) groups excluding carboxylic acids is 2. The molecule has 0 aliphatic carbocycles. The summed E-state index contributed by atoms with van der Waals surface area (Å²) in [5, 5.41) is 0.901. The average Bonchev–Trinajstić information content (AvgIpc) is 3.00. The lowest BCUT2D eigenvalue weighted by Gasteiger charge is -2.21. The van der Waals surface area contributed by atoms with E-state index in [1.807, 2.05) is 47.4 Å². The molecule has 148 valence electrons. The van der Waals surface area contributed by atoms with Crippen LogP contribution in [0.1, 0.15) is 23.7 Å². The van der Waals surface area contributed by atoms with Crippen LogP contribution in [0.15, 0.2) is 54.7 Å². The largest absolute Gasteiger partial charge is 0.398 e. The number of nitrogen functional groups attached to an aromatic ring is 1. The van der Waals surface area contributed by atoms with Crippen molar-refractivity contribution in [3.63, 3.8) is 0 Å². The maximum Gasteiger partial charge on any atom is 0.253 e. The van der Waals surface area contributed by atoms with Crippen LogP contribution in [0.3, 0.4) is 0 Å². The van der Waals surface area contributed by atoms with Gasteiger partial charge in [-0.2, -0.15) is 0 Å². The fourth-order valence-electron chi connectivity index (χ4n) is 3.87. The Hall–Kier alpha value is -3.41. The van der Waals surface area contributed by atoms with Crippen LogP contribution in [0.5, 0.6) is 0 Å². The fraction of sp³-hybridized carbons (Fsp3) is 0.261. The summed E-state index contributed by atoms with van der Waals surface area (Å²) in [5.74, 6) is 0.0500. The number of amides is 2. The molecule has 2 N–H and O–H groups in total. The maximum absolute atomic E-state index is 13.1. The molecule has 0 bridgehead atoms. The maximum atomic E-state index is 13.1. The summed E-state index contributed by atoms with van der Waals surface area (Å²) in [4.78, 5) is 32.9. The molecule has 0 saturated carbocycles. The van der Waals surface area contributed by atoms with Gasteiger partial charge in [-0.25, -0.2) is 0 Å². The molecule has 1 aliphatic rings. The lowest BCUT2D eigenvalue weighted by molar-refractivity contribution is -0.128. The van der Waals surface area contributed by atoms with E-state index in [4.69, 9.17) is 5.73 Å². The van der Waals surface area contributed by atoms with Crippen molar-refractivity contribution >= 4 is 28.4 Å². The second-order valence-corrected chi connectivity index (χ2v) is 7.33. The number of hydrogen-bond acceptors (Lipinski definition) is 4. The molecule has 1 saturated heterocycles. The topological polar surface area (TPSA) is 79.5 Å². The fourth-order valence-corrected chi connectivity index (χ4v) is 3.87. The van der Waals surface area contributed by atoms with Crippen molar-refractivity contribution in [3.8, 4) is 11.1 Å². The second-order valence-electron chi connectivity index (χ2n) is 7.33. The van der Waals surface area contributed by atoms with Crippen LogP contribution in [-0.4, -0.2) is 52.8 Å². The highest BCUT2D eigenvalue weighted by Crippen LogP contribution is 2.30. The van der Waals surface area contributed by atoms with Crippen LogP contribution < -0.4 is 5.73 Å². The highest BCUT2D eigenvalue weighted by atomic mass is 16.2. The van der Waals surface area contributed by atoms with Crippen molar-refractivity contribution in [2.45, 2.75) is 13.3 Å². The lowest BCUT2D eigenvalue weighted by atomic mass is 9.99. The second kappa shape index (κ2) is 7.91. The highest BCUT2D eigenvalue weighted by molar-refractivity contribution is 6.01. The summed E-state index contributed by atoms with van der Waals surface area (Å²) in [6.07, 6.45) is 2.49. The third-order valence-corrected chi connectivity index (χ3v) is 5.45. The molecular formula is C23H24N4O2. The van der Waals surface area contributed by atoms with Crippen LogP contribution in [0.25, 0.3) is 22.0 Å². The number of nitrogens with two attached hydrogens (primary N) is 1. The van der Waals surface area contributed by atoms with Gasteiger partial charge in [-0.15, -0.1) is 0 Å². The quantitative estimate of drug-likeness (QED) is 0.731. The molecule has 0 atom stereocenters. The Balaban J connectivity index is 1.64. The number of nitrogens with zero attached hydrogens (tertiary/aromatic N) is 3. The van der Waals surface area contributed by atoms with Crippen molar-refractivity contribution in [1.29, 1.82) is 0 Å². The van der Waals surface area contributed by atoms with Gasteiger partial charge >= 0.3 is 0 Å². The van der Waals surface area contributed by atoms with Gasteiger partial charge in [0, 0.05) is 61.5 Å². The Morgan fingerprint density at radius 3 is 2.55 bits per heavy atom. The average molecular weight is 388 g/mol. The minimum absolute atomic E-state index is 0.00929. The SMILES string of the molecule is CC(=O)N1CCCN(C(=O)c2cccc(-c3cccc4c(N)ccnc34)c2)CC1. The number of benzene rings is 2.